The molecular weight excluding hydrogens is 324 g/mol. The number of rotatable bonds is 5. The molecule has 0 unspecified atom stereocenters. The van der Waals surface area contributed by atoms with E-state index in [1.54, 1.807) is 13.8 Å². The number of benzene rings is 1. The number of hydrogen-bond donors (Lipinski definition) is 2. The van der Waals surface area contributed by atoms with Gasteiger partial charge in [0.15, 0.2) is 5.82 Å². The first-order valence-corrected chi connectivity index (χ1v) is 7.94. The minimum Gasteiger partial charge on any atom is -0.329 e. The Kier molecular flexibility index (Phi) is 6.01. The lowest BCUT2D eigenvalue weighted by molar-refractivity contribution is 0.462. The molecule has 0 fully saturated rings. The molecule has 0 amide bonds. The molecule has 0 aliphatic rings. The van der Waals surface area contributed by atoms with Gasteiger partial charge in [0.25, 0.3) is 0 Å². The van der Waals surface area contributed by atoms with Gasteiger partial charge in [0.2, 0.25) is 10.0 Å². The van der Waals surface area contributed by atoms with Crippen molar-refractivity contribution in [2.45, 2.75) is 24.3 Å². The highest BCUT2D eigenvalue weighted by molar-refractivity contribution is 7.89. The van der Waals surface area contributed by atoms with Crippen LogP contribution < -0.4 is 10.5 Å². The highest BCUT2D eigenvalue weighted by atomic mass is 35.5. The zero-order valence-electron chi connectivity index (χ0n) is 12.4. The number of halogens is 1. The molecular formula is C14H19ClN4O2S. The quantitative estimate of drug-likeness (QED) is 0.859. The lowest BCUT2D eigenvalue weighted by Gasteiger charge is -2.23. The fraction of sp³-hybridized carbons (Fsp3) is 0.286. The van der Waals surface area contributed by atoms with Crippen LogP contribution in [-0.4, -0.2) is 30.5 Å². The van der Waals surface area contributed by atoms with E-state index in [2.05, 4.69) is 14.7 Å². The Morgan fingerprint density at radius 2 is 1.68 bits per heavy atom. The summed E-state index contributed by atoms with van der Waals surface area (Å²) in [4.78, 5) is 8.24. The number of hydrogen-bond acceptors (Lipinski definition) is 5. The molecule has 0 radical (unpaired) electrons. The van der Waals surface area contributed by atoms with E-state index in [1.807, 2.05) is 30.3 Å². The summed E-state index contributed by atoms with van der Waals surface area (Å²) < 4.78 is 26.9. The molecule has 22 heavy (non-hydrogen) atoms. The standard InChI is InChI=1S/C14H18N4O2S.ClH/c1-14(2,10-15)18-21(19,20)12-8-16-13(17-9-12)11-6-4-3-5-7-11;/h3-9,18H,10,15H2,1-2H3;1H. The molecule has 0 atom stereocenters. The van der Waals surface area contributed by atoms with Crippen LogP contribution in [0, 0.1) is 0 Å². The monoisotopic (exact) mass is 342 g/mol. The first kappa shape index (κ1) is 18.5. The van der Waals surface area contributed by atoms with E-state index in [0.29, 0.717) is 5.82 Å². The van der Waals surface area contributed by atoms with E-state index < -0.39 is 15.6 Å². The zero-order chi connectivity index (χ0) is 15.5. The second-order valence-corrected chi connectivity index (χ2v) is 6.98. The maximum Gasteiger partial charge on any atom is 0.244 e. The SMILES string of the molecule is CC(C)(CN)NS(=O)(=O)c1cnc(-c2ccccc2)nc1.Cl. The number of sulfonamides is 1. The topological polar surface area (TPSA) is 98.0 Å². The molecule has 6 nitrogen and oxygen atoms in total. The Hall–Kier alpha value is -1.54. The van der Waals surface area contributed by atoms with Crippen molar-refractivity contribution in [3.8, 4) is 11.4 Å². The van der Waals surface area contributed by atoms with Crippen LogP contribution in [0.25, 0.3) is 11.4 Å². The first-order chi connectivity index (χ1) is 9.84. The predicted octanol–water partition coefficient (Wildman–Crippen LogP) is 1.58. The lowest BCUT2D eigenvalue weighted by atomic mass is 10.1. The third kappa shape index (κ3) is 4.48. The van der Waals surface area contributed by atoms with Crippen molar-refractivity contribution in [2.75, 3.05) is 6.54 Å². The molecule has 0 aliphatic heterocycles. The average molecular weight is 343 g/mol. The highest BCUT2D eigenvalue weighted by Crippen LogP contribution is 2.16. The molecule has 1 aromatic heterocycles. The van der Waals surface area contributed by atoms with E-state index in [-0.39, 0.29) is 23.8 Å². The minimum absolute atomic E-state index is 0. The summed E-state index contributed by atoms with van der Waals surface area (Å²) in [5.74, 6) is 0.479. The number of nitrogens with zero attached hydrogens (tertiary/aromatic N) is 2. The van der Waals surface area contributed by atoms with E-state index in [1.165, 1.54) is 12.4 Å². The Morgan fingerprint density at radius 3 is 2.18 bits per heavy atom. The van der Waals surface area contributed by atoms with Gasteiger partial charge in [-0.2, -0.15) is 0 Å². The van der Waals surface area contributed by atoms with Crippen molar-refractivity contribution in [2.24, 2.45) is 5.73 Å². The first-order valence-electron chi connectivity index (χ1n) is 6.46. The predicted molar refractivity (Wildman–Crippen MR) is 88.2 cm³/mol. The maximum atomic E-state index is 12.2. The van der Waals surface area contributed by atoms with Gasteiger partial charge in [-0.25, -0.2) is 23.1 Å². The Bertz CT molecular complexity index is 703. The van der Waals surface area contributed by atoms with Gasteiger partial charge in [-0.3, -0.25) is 0 Å². The molecule has 0 saturated carbocycles. The van der Waals surface area contributed by atoms with Crippen LogP contribution in [0.5, 0.6) is 0 Å². The second-order valence-electron chi connectivity index (χ2n) is 5.30. The molecule has 0 aliphatic carbocycles. The molecule has 3 N–H and O–H groups in total. The summed E-state index contributed by atoms with van der Waals surface area (Å²) in [6, 6.07) is 9.35. The van der Waals surface area contributed by atoms with Crippen LogP contribution in [0.2, 0.25) is 0 Å². The van der Waals surface area contributed by atoms with Crippen LogP contribution in [0.3, 0.4) is 0 Å². The van der Waals surface area contributed by atoms with Crippen LogP contribution in [0.1, 0.15) is 13.8 Å². The van der Waals surface area contributed by atoms with Gasteiger partial charge in [0, 0.05) is 17.6 Å². The smallest absolute Gasteiger partial charge is 0.244 e. The molecule has 0 saturated heterocycles. The van der Waals surface area contributed by atoms with Gasteiger partial charge in [-0.15, -0.1) is 12.4 Å². The third-order valence-corrected chi connectivity index (χ3v) is 4.54. The fourth-order valence-corrected chi connectivity index (χ4v) is 2.97. The summed E-state index contributed by atoms with van der Waals surface area (Å²) in [7, 11) is -3.68. The van der Waals surface area contributed by atoms with Crippen molar-refractivity contribution in [1.82, 2.24) is 14.7 Å². The minimum atomic E-state index is -3.68. The molecule has 1 aromatic carbocycles. The largest absolute Gasteiger partial charge is 0.329 e. The van der Waals surface area contributed by atoms with Crippen molar-refractivity contribution >= 4 is 22.4 Å². The third-order valence-electron chi connectivity index (χ3n) is 2.89. The van der Waals surface area contributed by atoms with E-state index in [4.69, 9.17) is 5.73 Å². The van der Waals surface area contributed by atoms with Crippen molar-refractivity contribution in [1.29, 1.82) is 0 Å². The summed E-state index contributed by atoms with van der Waals surface area (Å²) in [6.07, 6.45) is 2.59. The normalized spacial score (nSPS) is 11.8. The molecule has 1 heterocycles. The van der Waals surface area contributed by atoms with Gasteiger partial charge in [0.1, 0.15) is 4.90 Å². The summed E-state index contributed by atoms with van der Waals surface area (Å²) >= 11 is 0. The van der Waals surface area contributed by atoms with Gasteiger partial charge in [-0.05, 0) is 13.8 Å². The maximum absolute atomic E-state index is 12.2. The number of aromatic nitrogens is 2. The number of nitrogens with two attached hydrogens (primary N) is 1. The Balaban J connectivity index is 0.00000242. The Morgan fingerprint density at radius 1 is 1.14 bits per heavy atom. The van der Waals surface area contributed by atoms with E-state index in [9.17, 15) is 8.42 Å². The van der Waals surface area contributed by atoms with Gasteiger partial charge in [-0.1, -0.05) is 30.3 Å². The van der Waals surface area contributed by atoms with E-state index >= 15 is 0 Å². The van der Waals surface area contributed by atoms with E-state index in [0.717, 1.165) is 5.56 Å². The molecule has 8 heteroatoms. The second kappa shape index (κ2) is 7.15. The molecule has 120 valence electrons. The Labute approximate surface area is 136 Å². The van der Waals surface area contributed by atoms with Crippen molar-refractivity contribution in [3.63, 3.8) is 0 Å². The molecule has 0 spiro atoms. The van der Waals surface area contributed by atoms with Crippen LogP contribution >= 0.6 is 12.4 Å². The summed E-state index contributed by atoms with van der Waals surface area (Å²) in [5.41, 5.74) is 5.64. The van der Waals surface area contributed by atoms with Crippen molar-refractivity contribution < 1.29 is 8.42 Å². The molecule has 2 aromatic rings. The zero-order valence-corrected chi connectivity index (χ0v) is 14.0. The number of nitrogens with one attached hydrogen (secondary N) is 1. The van der Waals surface area contributed by atoms with Crippen LogP contribution in [0.4, 0.5) is 0 Å². The van der Waals surface area contributed by atoms with Crippen molar-refractivity contribution in [3.05, 3.63) is 42.7 Å². The van der Waals surface area contributed by atoms with Crippen LogP contribution in [-0.2, 0) is 10.0 Å². The highest BCUT2D eigenvalue weighted by Gasteiger charge is 2.25. The van der Waals surface area contributed by atoms with Gasteiger partial charge >= 0.3 is 0 Å². The van der Waals surface area contributed by atoms with Gasteiger partial charge in [0.05, 0.1) is 12.4 Å². The fourth-order valence-electron chi connectivity index (χ4n) is 1.66. The average Bonchev–Trinajstić information content (AvgIpc) is 2.47. The molecule has 2 rings (SSSR count). The van der Waals surface area contributed by atoms with Crippen LogP contribution in [0.15, 0.2) is 47.6 Å². The lowest BCUT2D eigenvalue weighted by Crippen LogP contribution is -2.48. The van der Waals surface area contributed by atoms with Gasteiger partial charge < -0.3 is 5.73 Å². The molecule has 0 bridgehead atoms. The summed E-state index contributed by atoms with van der Waals surface area (Å²) in [5, 5.41) is 0. The summed E-state index contributed by atoms with van der Waals surface area (Å²) in [6.45, 7) is 3.61.